The number of piperidine rings is 1. The molecule has 0 atom stereocenters. The second-order valence-electron chi connectivity index (χ2n) is 7.71. The average Bonchev–Trinajstić information content (AvgIpc) is 3.04. The van der Waals surface area contributed by atoms with Crippen molar-refractivity contribution in [3.8, 4) is 5.75 Å². The molecule has 28 heavy (non-hydrogen) atoms. The number of hydrogen-bond acceptors (Lipinski definition) is 3. The molecule has 0 saturated carbocycles. The molecule has 1 amide bonds. The quantitative estimate of drug-likeness (QED) is 0.757. The van der Waals surface area contributed by atoms with E-state index in [0.717, 1.165) is 27.8 Å². The zero-order valence-electron chi connectivity index (χ0n) is 16.6. The highest BCUT2D eigenvalue weighted by molar-refractivity contribution is 5.99. The summed E-state index contributed by atoms with van der Waals surface area (Å²) < 4.78 is 7.22. The van der Waals surface area contributed by atoms with E-state index >= 15 is 0 Å². The highest BCUT2D eigenvalue weighted by Gasteiger charge is 2.36. The third kappa shape index (κ3) is 3.16. The molecule has 5 heteroatoms. The smallest absolute Gasteiger partial charge is 0.270 e. The van der Waals surface area contributed by atoms with Gasteiger partial charge >= 0.3 is 0 Å². The van der Waals surface area contributed by atoms with Gasteiger partial charge in [-0.25, -0.2) is 0 Å². The van der Waals surface area contributed by atoms with E-state index in [1.54, 1.807) is 7.11 Å². The fourth-order valence-corrected chi connectivity index (χ4v) is 4.11. The van der Waals surface area contributed by atoms with Gasteiger partial charge in [0.2, 0.25) is 0 Å². The molecule has 146 valence electrons. The molecule has 1 saturated heterocycles. The molecule has 4 rings (SSSR count). The largest absolute Gasteiger partial charge is 0.497 e. The van der Waals surface area contributed by atoms with Crippen molar-refractivity contribution in [3.63, 3.8) is 0 Å². The van der Waals surface area contributed by atoms with E-state index < -0.39 is 5.60 Å². The number of aryl methyl sites for hydroxylation is 2. The summed E-state index contributed by atoms with van der Waals surface area (Å²) in [6.07, 6.45) is 1.08. The number of carbonyl (C=O) groups is 1. The van der Waals surface area contributed by atoms with Crippen molar-refractivity contribution in [2.24, 2.45) is 7.05 Å². The summed E-state index contributed by atoms with van der Waals surface area (Å²) in [5, 5.41) is 12.1. The van der Waals surface area contributed by atoms with Gasteiger partial charge in [0, 0.05) is 31.6 Å². The first-order valence-corrected chi connectivity index (χ1v) is 9.63. The Labute approximate surface area is 165 Å². The third-order valence-corrected chi connectivity index (χ3v) is 5.90. The fourth-order valence-electron chi connectivity index (χ4n) is 4.11. The molecule has 2 heterocycles. The standard InChI is InChI=1S/C23H26N2O3/c1-16-5-4-6-18(13-16)23(27)9-11-25(12-10-23)22(26)21-14-17-7-8-19(28-3)15-20(17)24(21)2/h4-8,13-15,27H,9-12H2,1-3H3. The van der Waals surface area contributed by atoms with Crippen molar-refractivity contribution in [1.82, 2.24) is 9.47 Å². The van der Waals surface area contributed by atoms with Crippen molar-refractivity contribution in [3.05, 3.63) is 65.4 Å². The van der Waals surface area contributed by atoms with Gasteiger partial charge < -0.3 is 19.3 Å². The first-order chi connectivity index (χ1) is 13.4. The van der Waals surface area contributed by atoms with Crippen LogP contribution in [0.25, 0.3) is 10.9 Å². The van der Waals surface area contributed by atoms with Crippen LogP contribution in [0.2, 0.25) is 0 Å². The SMILES string of the molecule is COc1ccc2cc(C(=O)N3CCC(O)(c4cccc(C)c4)CC3)n(C)c2c1. The Balaban J connectivity index is 1.54. The van der Waals surface area contributed by atoms with E-state index in [4.69, 9.17) is 4.74 Å². The van der Waals surface area contributed by atoms with Crippen LogP contribution in [0.5, 0.6) is 5.75 Å². The zero-order chi connectivity index (χ0) is 19.9. The Morgan fingerprint density at radius 2 is 1.86 bits per heavy atom. The van der Waals surface area contributed by atoms with Gasteiger partial charge in [0.1, 0.15) is 11.4 Å². The second-order valence-corrected chi connectivity index (χ2v) is 7.71. The van der Waals surface area contributed by atoms with E-state index in [1.165, 1.54) is 0 Å². The van der Waals surface area contributed by atoms with E-state index in [-0.39, 0.29) is 5.91 Å². The Morgan fingerprint density at radius 1 is 1.11 bits per heavy atom. The van der Waals surface area contributed by atoms with Gasteiger partial charge in [-0.15, -0.1) is 0 Å². The van der Waals surface area contributed by atoms with E-state index in [2.05, 4.69) is 0 Å². The number of nitrogens with zero attached hydrogens (tertiary/aromatic N) is 2. The summed E-state index contributed by atoms with van der Waals surface area (Å²) >= 11 is 0. The van der Waals surface area contributed by atoms with Gasteiger partial charge in [-0.2, -0.15) is 0 Å². The molecule has 0 aliphatic carbocycles. The van der Waals surface area contributed by atoms with Gasteiger partial charge in [0.15, 0.2) is 0 Å². The minimum Gasteiger partial charge on any atom is -0.497 e. The molecule has 1 aromatic heterocycles. The van der Waals surface area contributed by atoms with Crippen molar-refractivity contribution in [2.45, 2.75) is 25.4 Å². The van der Waals surface area contributed by atoms with Crippen LogP contribution in [0.1, 0.15) is 34.5 Å². The van der Waals surface area contributed by atoms with Crippen LogP contribution in [0.4, 0.5) is 0 Å². The maximum Gasteiger partial charge on any atom is 0.270 e. The number of amides is 1. The van der Waals surface area contributed by atoms with Crippen LogP contribution in [0, 0.1) is 6.92 Å². The molecule has 3 aromatic rings. The first kappa shape index (κ1) is 18.6. The summed E-state index contributed by atoms with van der Waals surface area (Å²) in [4.78, 5) is 15.0. The summed E-state index contributed by atoms with van der Waals surface area (Å²) in [7, 11) is 3.54. The first-order valence-electron chi connectivity index (χ1n) is 9.63. The predicted molar refractivity (Wildman–Crippen MR) is 110 cm³/mol. The Bertz CT molecular complexity index is 1030. The van der Waals surface area contributed by atoms with Crippen molar-refractivity contribution in [2.75, 3.05) is 20.2 Å². The monoisotopic (exact) mass is 378 g/mol. The van der Waals surface area contributed by atoms with Crippen LogP contribution in [0.3, 0.4) is 0 Å². The molecule has 0 unspecified atom stereocenters. The number of aliphatic hydroxyl groups is 1. The summed E-state index contributed by atoms with van der Waals surface area (Å²) in [5.41, 5.74) is 2.83. The number of likely N-dealkylation sites (tertiary alicyclic amines) is 1. The van der Waals surface area contributed by atoms with Gasteiger partial charge in [-0.3, -0.25) is 4.79 Å². The molecular weight excluding hydrogens is 352 g/mol. The van der Waals surface area contributed by atoms with E-state index in [1.807, 2.05) is 72.0 Å². The number of fused-ring (bicyclic) bond motifs is 1. The number of carbonyl (C=O) groups excluding carboxylic acids is 1. The molecule has 1 aliphatic rings. The molecule has 1 fully saturated rings. The molecule has 0 spiro atoms. The van der Waals surface area contributed by atoms with Gasteiger partial charge in [0.25, 0.3) is 5.91 Å². The predicted octanol–water partition coefficient (Wildman–Crippen LogP) is 3.62. The van der Waals surface area contributed by atoms with E-state index in [9.17, 15) is 9.90 Å². The maximum absolute atomic E-state index is 13.1. The van der Waals surface area contributed by atoms with Crippen LogP contribution in [0.15, 0.2) is 48.5 Å². The number of aromatic nitrogens is 1. The zero-order valence-corrected chi connectivity index (χ0v) is 16.6. The molecule has 2 aromatic carbocycles. The lowest BCUT2D eigenvalue weighted by atomic mass is 9.84. The summed E-state index contributed by atoms with van der Waals surface area (Å²) in [6.45, 7) is 3.10. The molecule has 0 radical (unpaired) electrons. The summed E-state index contributed by atoms with van der Waals surface area (Å²) in [5.74, 6) is 0.776. The fraction of sp³-hybridized carbons (Fsp3) is 0.348. The topological polar surface area (TPSA) is 54.7 Å². The minimum absolute atomic E-state index is 0.00367. The molecule has 0 bridgehead atoms. The molecule has 1 N–H and O–H groups in total. The lowest BCUT2D eigenvalue weighted by Gasteiger charge is -2.38. The van der Waals surface area contributed by atoms with Gasteiger partial charge in [0.05, 0.1) is 18.2 Å². The second kappa shape index (κ2) is 6.99. The Kier molecular flexibility index (Phi) is 4.63. The van der Waals surface area contributed by atoms with Crippen LogP contribution >= 0.6 is 0 Å². The lowest BCUT2D eigenvalue weighted by molar-refractivity contribution is -0.0213. The Hall–Kier alpha value is -2.79. The van der Waals surface area contributed by atoms with Gasteiger partial charge in [-0.1, -0.05) is 29.8 Å². The normalized spacial score (nSPS) is 16.4. The van der Waals surface area contributed by atoms with Crippen molar-refractivity contribution in [1.29, 1.82) is 0 Å². The number of methoxy groups -OCH3 is 1. The van der Waals surface area contributed by atoms with E-state index in [0.29, 0.717) is 31.6 Å². The molecule has 5 nitrogen and oxygen atoms in total. The van der Waals surface area contributed by atoms with Crippen LogP contribution < -0.4 is 4.74 Å². The van der Waals surface area contributed by atoms with Crippen molar-refractivity contribution >= 4 is 16.8 Å². The molecule has 1 aliphatic heterocycles. The number of hydrogen-bond donors (Lipinski definition) is 1. The molecular formula is C23H26N2O3. The lowest BCUT2D eigenvalue weighted by Crippen LogP contribution is -2.45. The highest BCUT2D eigenvalue weighted by atomic mass is 16.5. The van der Waals surface area contributed by atoms with Crippen molar-refractivity contribution < 1.29 is 14.6 Å². The van der Waals surface area contributed by atoms with Gasteiger partial charge in [-0.05, 0) is 43.5 Å². The number of ether oxygens (including phenoxy) is 1. The third-order valence-electron chi connectivity index (χ3n) is 5.90. The van der Waals surface area contributed by atoms with Crippen LogP contribution in [-0.2, 0) is 12.6 Å². The minimum atomic E-state index is -0.866. The highest BCUT2D eigenvalue weighted by Crippen LogP contribution is 2.34. The Morgan fingerprint density at radius 3 is 2.54 bits per heavy atom. The number of rotatable bonds is 3. The number of benzene rings is 2. The average molecular weight is 378 g/mol. The maximum atomic E-state index is 13.1. The summed E-state index contributed by atoms with van der Waals surface area (Å²) in [6, 6.07) is 15.8. The van der Waals surface area contributed by atoms with Crippen LogP contribution in [-0.4, -0.2) is 40.7 Å².